The number of rotatable bonds is 7. The van der Waals surface area contributed by atoms with Gasteiger partial charge in [-0.1, -0.05) is 54.6 Å². The second-order valence-corrected chi connectivity index (χ2v) is 7.53. The van der Waals surface area contributed by atoms with Gasteiger partial charge in [-0.05, 0) is 31.5 Å². The number of esters is 1. The summed E-state index contributed by atoms with van der Waals surface area (Å²) in [7, 11) is 2.13. The summed E-state index contributed by atoms with van der Waals surface area (Å²) in [5.41, 5.74) is 0.127. The lowest BCUT2D eigenvalue weighted by atomic mass is 9.84. The van der Waals surface area contributed by atoms with Crippen LogP contribution >= 0.6 is 24.8 Å². The summed E-state index contributed by atoms with van der Waals surface area (Å²) in [5, 5.41) is 11.5. The van der Waals surface area contributed by atoms with Crippen molar-refractivity contribution in [3.05, 3.63) is 71.3 Å². The fourth-order valence-electron chi connectivity index (χ4n) is 3.67. The molecule has 2 aromatic rings. The van der Waals surface area contributed by atoms with E-state index in [4.69, 9.17) is 4.74 Å². The molecule has 0 amide bonds. The van der Waals surface area contributed by atoms with Crippen LogP contribution in [0, 0.1) is 6.92 Å². The molecule has 1 saturated heterocycles. The lowest BCUT2D eigenvalue weighted by Crippen LogP contribution is -2.45. The van der Waals surface area contributed by atoms with Crippen molar-refractivity contribution in [3.63, 3.8) is 0 Å². The van der Waals surface area contributed by atoms with Crippen LogP contribution in [0.15, 0.2) is 54.6 Å². The molecule has 0 bridgehead atoms. The number of benzene rings is 2. The first-order chi connectivity index (χ1) is 13.5. The summed E-state index contributed by atoms with van der Waals surface area (Å²) in [6, 6.07) is 16.4. The van der Waals surface area contributed by atoms with Crippen LogP contribution in [0.1, 0.15) is 23.1 Å². The van der Waals surface area contributed by atoms with Crippen LogP contribution in [0.25, 0.3) is 0 Å². The average Bonchev–Trinajstić information content (AvgIpc) is 2.72. The van der Waals surface area contributed by atoms with E-state index in [9.17, 15) is 9.90 Å². The molecule has 30 heavy (non-hydrogen) atoms. The quantitative estimate of drug-likeness (QED) is 0.513. The van der Waals surface area contributed by atoms with Gasteiger partial charge in [0, 0.05) is 38.3 Å². The van der Waals surface area contributed by atoms with Crippen LogP contribution in [0.4, 0.5) is 0 Å². The standard InChI is InChI=1S/C23H30N2O3.2ClH/c1-19-9-6-7-12-21(19)23(27,20-10-4-3-5-11-20)22(26)28-18-8-13-25-16-14-24(2)15-17-25;;/h3-7,9-12,27H,8,13-18H2,1-2H3;2*1H. The Hall–Kier alpha value is -1.63. The van der Waals surface area contributed by atoms with Crippen LogP contribution in [0.2, 0.25) is 0 Å². The van der Waals surface area contributed by atoms with E-state index in [-0.39, 0.29) is 24.8 Å². The van der Waals surface area contributed by atoms with Crippen LogP contribution in [0.5, 0.6) is 0 Å². The minimum Gasteiger partial charge on any atom is -0.463 e. The molecule has 0 saturated carbocycles. The molecule has 0 spiro atoms. The normalized spacial score (nSPS) is 16.6. The number of aliphatic hydroxyl groups is 1. The van der Waals surface area contributed by atoms with Gasteiger partial charge in [0.15, 0.2) is 0 Å². The summed E-state index contributed by atoms with van der Waals surface area (Å²) in [4.78, 5) is 17.7. The Morgan fingerprint density at radius 3 is 2.23 bits per heavy atom. The van der Waals surface area contributed by atoms with E-state index in [1.807, 2.05) is 43.3 Å². The summed E-state index contributed by atoms with van der Waals surface area (Å²) >= 11 is 0. The molecule has 1 heterocycles. The largest absolute Gasteiger partial charge is 0.463 e. The molecule has 3 rings (SSSR count). The molecule has 1 unspecified atom stereocenters. The first kappa shape index (κ1) is 26.4. The van der Waals surface area contributed by atoms with Crippen LogP contribution < -0.4 is 0 Å². The zero-order valence-electron chi connectivity index (χ0n) is 17.6. The minimum absolute atomic E-state index is 0. The number of hydrogen-bond acceptors (Lipinski definition) is 5. The molecule has 1 fully saturated rings. The Morgan fingerprint density at radius 1 is 1.00 bits per heavy atom. The monoisotopic (exact) mass is 454 g/mol. The molecule has 5 nitrogen and oxygen atoms in total. The Morgan fingerprint density at radius 2 is 1.60 bits per heavy atom. The maximum atomic E-state index is 13.0. The predicted molar refractivity (Wildman–Crippen MR) is 125 cm³/mol. The third-order valence-corrected chi connectivity index (χ3v) is 5.47. The lowest BCUT2D eigenvalue weighted by Gasteiger charge is -2.32. The van der Waals surface area contributed by atoms with Gasteiger partial charge in [-0.25, -0.2) is 4.79 Å². The van der Waals surface area contributed by atoms with Gasteiger partial charge in [-0.15, -0.1) is 24.8 Å². The number of halogens is 2. The predicted octanol–water partition coefficient (Wildman–Crippen LogP) is 3.26. The van der Waals surface area contributed by atoms with E-state index in [1.165, 1.54) is 0 Å². The van der Waals surface area contributed by atoms with Crippen LogP contribution in [-0.2, 0) is 15.1 Å². The fraction of sp³-hybridized carbons (Fsp3) is 0.435. The molecule has 0 radical (unpaired) electrons. The van der Waals surface area contributed by atoms with Gasteiger partial charge in [0.05, 0.1) is 6.61 Å². The highest BCUT2D eigenvalue weighted by molar-refractivity contribution is 5.86. The number of piperazine rings is 1. The topological polar surface area (TPSA) is 53.0 Å². The Kier molecular flexibility index (Phi) is 10.8. The highest BCUT2D eigenvalue weighted by Gasteiger charge is 2.42. The SMILES string of the molecule is Cc1ccccc1C(O)(C(=O)OCCCN1CCN(C)CC1)c1ccccc1.Cl.Cl. The number of hydrogen-bond donors (Lipinski definition) is 1. The summed E-state index contributed by atoms with van der Waals surface area (Å²) < 4.78 is 5.56. The molecule has 0 aliphatic carbocycles. The Balaban J connectivity index is 0.00000225. The van der Waals surface area contributed by atoms with Crippen molar-refractivity contribution < 1.29 is 14.6 Å². The molecule has 7 heteroatoms. The highest BCUT2D eigenvalue weighted by Crippen LogP contribution is 2.33. The van der Waals surface area contributed by atoms with E-state index >= 15 is 0 Å². The number of carbonyl (C=O) groups excluding carboxylic acids is 1. The molecular formula is C23H32Cl2N2O3. The Labute approximate surface area is 191 Å². The molecule has 0 aromatic heterocycles. The molecule has 1 aliphatic heterocycles. The molecule has 1 N–H and O–H groups in total. The number of carbonyl (C=O) groups is 1. The lowest BCUT2D eigenvalue weighted by molar-refractivity contribution is -0.162. The van der Waals surface area contributed by atoms with Crippen molar-refractivity contribution in [2.75, 3.05) is 46.4 Å². The summed E-state index contributed by atoms with van der Waals surface area (Å²) in [6.07, 6.45) is 0.758. The summed E-state index contributed by atoms with van der Waals surface area (Å²) in [6.45, 7) is 7.32. The third kappa shape index (κ3) is 6.19. The average molecular weight is 455 g/mol. The van der Waals surface area contributed by atoms with E-state index in [2.05, 4.69) is 16.8 Å². The third-order valence-electron chi connectivity index (χ3n) is 5.47. The zero-order chi connectivity index (χ0) is 20.0. The van der Waals surface area contributed by atoms with Crippen molar-refractivity contribution in [1.29, 1.82) is 0 Å². The van der Waals surface area contributed by atoms with Crippen LogP contribution in [-0.4, -0.2) is 67.3 Å². The van der Waals surface area contributed by atoms with Crippen molar-refractivity contribution in [2.45, 2.75) is 18.9 Å². The van der Waals surface area contributed by atoms with E-state index < -0.39 is 11.6 Å². The molecule has 1 aliphatic rings. The molecule has 1 atom stereocenters. The number of aryl methyl sites for hydroxylation is 1. The first-order valence-corrected chi connectivity index (χ1v) is 9.94. The van der Waals surface area contributed by atoms with Gasteiger partial charge >= 0.3 is 5.97 Å². The minimum atomic E-state index is -1.81. The van der Waals surface area contributed by atoms with Crippen molar-refractivity contribution in [1.82, 2.24) is 9.80 Å². The Bertz CT molecular complexity index is 783. The maximum absolute atomic E-state index is 13.0. The van der Waals surface area contributed by atoms with Crippen molar-refractivity contribution >= 4 is 30.8 Å². The number of nitrogens with zero attached hydrogens (tertiary/aromatic N) is 2. The smallest absolute Gasteiger partial charge is 0.347 e. The fourth-order valence-corrected chi connectivity index (χ4v) is 3.67. The number of likely N-dealkylation sites (N-methyl/N-ethyl adjacent to an activating group) is 1. The van der Waals surface area contributed by atoms with Crippen molar-refractivity contribution in [2.24, 2.45) is 0 Å². The maximum Gasteiger partial charge on any atom is 0.347 e. The first-order valence-electron chi connectivity index (χ1n) is 9.94. The molecule has 166 valence electrons. The zero-order valence-corrected chi connectivity index (χ0v) is 19.3. The van der Waals surface area contributed by atoms with Gasteiger partial charge in [-0.2, -0.15) is 0 Å². The van der Waals surface area contributed by atoms with Crippen molar-refractivity contribution in [3.8, 4) is 0 Å². The van der Waals surface area contributed by atoms with Gasteiger partial charge in [0.1, 0.15) is 0 Å². The highest BCUT2D eigenvalue weighted by atomic mass is 35.5. The second-order valence-electron chi connectivity index (χ2n) is 7.53. The summed E-state index contributed by atoms with van der Waals surface area (Å²) in [5.74, 6) is -0.619. The van der Waals surface area contributed by atoms with E-state index in [0.29, 0.717) is 17.7 Å². The van der Waals surface area contributed by atoms with E-state index in [1.54, 1.807) is 18.2 Å². The van der Waals surface area contributed by atoms with Gasteiger partial charge in [0.25, 0.3) is 0 Å². The molecule has 2 aromatic carbocycles. The molecular weight excluding hydrogens is 423 g/mol. The van der Waals surface area contributed by atoms with Crippen LogP contribution in [0.3, 0.4) is 0 Å². The second kappa shape index (κ2) is 12.3. The van der Waals surface area contributed by atoms with Gasteiger partial charge in [0.2, 0.25) is 5.60 Å². The number of ether oxygens (including phenoxy) is 1. The van der Waals surface area contributed by atoms with E-state index in [0.717, 1.165) is 44.7 Å². The van der Waals surface area contributed by atoms with Gasteiger partial charge < -0.3 is 19.6 Å². The van der Waals surface area contributed by atoms with Gasteiger partial charge in [-0.3, -0.25) is 0 Å².